The Morgan fingerprint density at radius 3 is 2.68 bits per heavy atom. The van der Waals surface area contributed by atoms with Crippen LogP contribution in [-0.4, -0.2) is 34.0 Å². The molecule has 9 nitrogen and oxygen atoms in total. The maximum atomic E-state index is 11.6. The summed E-state index contributed by atoms with van der Waals surface area (Å²) in [7, 11) is 1.24. The zero-order chi connectivity index (χ0) is 14.6. The average molecular weight is 269 g/mol. The van der Waals surface area contributed by atoms with Crippen molar-refractivity contribution >= 4 is 23.4 Å². The Hall–Kier alpha value is -2.45. The molecule has 1 rings (SSSR count). The van der Waals surface area contributed by atoms with E-state index in [1.807, 2.05) is 0 Å². The monoisotopic (exact) mass is 269 g/mol. The van der Waals surface area contributed by atoms with Gasteiger partial charge in [-0.1, -0.05) is 13.8 Å². The topological polar surface area (TPSA) is 133 Å². The van der Waals surface area contributed by atoms with Gasteiger partial charge in [0.25, 0.3) is 0 Å². The molecule has 1 unspecified atom stereocenters. The van der Waals surface area contributed by atoms with Gasteiger partial charge in [-0.15, -0.1) is 0 Å². The Morgan fingerprint density at radius 1 is 1.58 bits per heavy atom. The molecule has 9 heteroatoms. The van der Waals surface area contributed by atoms with Crippen molar-refractivity contribution in [1.29, 1.82) is 0 Å². The smallest absolute Gasteiger partial charge is 0.329 e. The highest BCUT2D eigenvalue weighted by Crippen LogP contribution is 2.23. The highest BCUT2D eigenvalue weighted by molar-refractivity contribution is 5.80. The molecule has 1 aromatic heterocycles. The largest absolute Gasteiger partial charge is 0.467 e. The number of aromatic nitrogens is 2. The molecule has 0 aliphatic carbocycles. The maximum Gasteiger partial charge on any atom is 0.329 e. The molecule has 0 radical (unpaired) electrons. The van der Waals surface area contributed by atoms with Crippen LogP contribution in [0.2, 0.25) is 0 Å². The molecular formula is C10H15N5O4. The molecule has 104 valence electrons. The third-order valence-corrected chi connectivity index (χ3v) is 2.40. The molecule has 19 heavy (non-hydrogen) atoms. The van der Waals surface area contributed by atoms with Gasteiger partial charge in [0.05, 0.1) is 12.0 Å². The van der Waals surface area contributed by atoms with Crippen molar-refractivity contribution in [2.45, 2.75) is 19.9 Å². The van der Waals surface area contributed by atoms with Crippen LogP contribution in [0.1, 0.15) is 13.8 Å². The van der Waals surface area contributed by atoms with Crippen molar-refractivity contribution in [3.63, 3.8) is 0 Å². The van der Waals surface area contributed by atoms with Gasteiger partial charge in [-0.2, -0.15) is 4.98 Å². The van der Waals surface area contributed by atoms with Gasteiger partial charge < -0.3 is 15.8 Å². The molecule has 1 atom stereocenters. The third kappa shape index (κ3) is 3.50. The van der Waals surface area contributed by atoms with E-state index in [2.05, 4.69) is 20.0 Å². The van der Waals surface area contributed by atoms with Crippen LogP contribution in [0.15, 0.2) is 6.20 Å². The minimum atomic E-state index is -0.766. The fraction of sp³-hybridized carbons (Fsp3) is 0.500. The van der Waals surface area contributed by atoms with E-state index in [-0.39, 0.29) is 23.4 Å². The van der Waals surface area contributed by atoms with Crippen LogP contribution in [0.25, 0.3) is 0 Å². The van der Waals surface area contributed by atoms with Crippen LogP contribution >= 0.6 is 0 Å². The quantitative estimate of drug-likeness (QED) is 0.450. The maximum absolute atomic E-state index is 11.6. The number of nitrogens with one attached hydrogen (secondary N) is 1. The van der Waals surface area contributed by atoms with E-state index in [0.29, 0.717) is 0 Å². The molecule has 0 aliphatic heterocycles. The highest BCUT2D eigenvalue weighted by Gasteiger charge is 2.27. The number of esters is 1. The molecule has 0 spiro atoms. The first kappa shape index (κ1) is 14.6. The summed E-state index contributed by atoms with van der Waals surface area (Å²) in [4.78, 5) is 29.1. The van der Waals surface area contributed by atoms with Gasteiger partial charge in [-0.3, -0.25) is 10.1 Å². The van der Waals surface area contributed by atoms with Crippen molar-refractivity contribution in [3.05, 3.63) is 16.3 Å². The number of nitrogens with zero attached hydrogens (tertiary/aromatic N) is 3. The van der Waals surface area contributed by atoms with Crippen LogP contribution in [-0.2, 0) is 9.53 Å². The lowest BCUT2D eigenvalue weighted by Gasteiger charge is -2.20. The van der Waals surface area contributed by atoms with E-state index in [1.54, 1.807) is 13.8 Å². The van der Waals surface area contributed by atoms with E-state index in [0.717, 1.165) is 6.20 Å². The lowest BCUT2D eigenvalue weighted by Crippen LogP contribution is -2.36. The van der Waals surface area contributed by atoms with E-state index in [4.69, 9.17) is 5.73 Å². The molecular weight excluding hydrogens is 254 g/mol. The van der Waals surface area contributed by atoms with Gasteiger partial charge in [0.15, 0.2) is 0 Å². The molecule has 0 amide bonds. The van der Waals surface area contributed by atoms with Crippen molar-refractivity contribution in [3.8, 4) is 0 Å². The van der Waals surface area contributed by atoms with Crippen LogP contribution in [0, 0.1) is 16.0 Å². The lowest BCUT2D eigenvalue weighted by molar-refractivity contribution is -0.384. The minimum Gasteiger partial charge on any atom is -0.467 e. The predicted octanol–water partition coefficient (Wildman–Crippen LogP) is 0.576. The van der Waals surface area contributed by atoms with Crippen LogP contribution in [0.3, 0.4) is 0 Å². The minimum absolute atomic E-state index is 0.110. The normalized spacial score (nSPS) is 12.0. The zero-order valence-corrected chi connectivity index (χ0v) is 10.8. The highest BCUT2D eigenvalue weighted by atomic mass is 16.6. The Bertz CT molecular complexity index is 491. The van der Waals surface area contributed by atoms with Crippen LogP contribution in [0.4, 0.5) is 17.5 Å². The zero-order valence-electron chi connectivity index (χ0n) is 10.8. The Balaban J connectivity index is 3.11. The van der Waals surface area contributed by atoms with Gasteiger partial charge in [-0.25, -0.2) is 9.78 Å². The van der Waals surface area contributed by atoms with Crippen molar-refractivity contribution < 1.29 is 14.5 Å². The number of methoxy groups -OCH3 is 1. The van der Waals surface area contributed by atoms with E-state index in [1.165, 1.54) is 7.11 Å². The molecule has 0 saturated carbocycles. The summed E-state index contributed by atoms with van der Waals surface area (Å²) in [5.74, 6) is -0.924. The van der Waals surface area contributed by atoms with Crippen molar-refractivity contribution in [2.75, 3.05) is 18.2 Å². The summed E-state index contributed by atoms with van der Waals surface area (Å²) >= 11 is 0. The molecule has 0 bridgehead atoms. The molecule has 0 aromatic carbocycles. The fourth-order valence-corrected chi connectivity index (χ4v) is 1.40. The van der Waals surface area contributed by atoms with Crippen LogP contribution < -0.4 is 11.1 Å². The number of hydrogen-bond acceptors (Lipinski definition) is 8. The number of anilines is 2. The Morgan fingerprint density at radius 2 is 2.21 bits per heavy atom. The fourth-order valence-electron chi connectivity index (χ4n) is 1.40. The number of nitro groups is 1. The first-order valence-electron chi connectivity index (χ1n) is 5.48. The molecule has 1 heterocycles. The molecule has 3 N–H and O–H groups in total. The Kier molecular flexibility index (Phi) is 4.56. The second-order valence-electron chi connectivity index (χ2n) is 4.11. The molecule has 0 fully saturated rings. The predicted molar refractivity (Wildman–Crippen MR) is 67.4 cm³/mol. The van der Waals surface area contributed by atoms with E-state index >= 15 is 0 Å². The summed E-state index contributed by atoms with van der Waals surface area (Å²) in [6, 6.07) is -0.766. The van der Waals surface area contributed by atoms with Gasteiger partial charge >= 0.3 is 11.7 Å². The Labute approximate surface area is 109 Å². The number of hydrogen-bond donors (Lipinski definition) is 2. The molecule has 0 saturated heterocycles. The number of ether oxygens (including phenoxy) is 1. The summed E-state index contributed by atoms with van der Waals surface area (Å²) in [5, 5.41) is 13.5. The second kappa shape index (κ2) is 5.94. The number of carbonyl (C=O) groups is 1. The lowest BCUT2D eigenvalue weighted by atomic mass is 10.0. The van der Waals surface area contributed by atoms with E-state index in [9.17, 15) is 14.9 Å². The SMILES string of the molecule is COC(=O)C(Nc1nc(N)ncc1[N+](=O)[O-])C(C)C. The van der Waals surface area contributed by atoms with Gasteiger partial charge in [0, 0.05) is 0 Å². The summed E-state index contributed by atoms with van der Waals surface area (Å²) in [5.41, 5.74) is 5.03. The first-order chi connectivity index (χ1) is 8.86. The number of carbonyl (C=O) groups excluding carboxylic acids is 1. The van der Waals surface area contributed by atoms with Gasteiger partial charge in [0.1, 0.15) is 12.2 Å². The summed E-state index contributed by atoms with van der Waals surface area (Å²) < 4.78 is 4.63. The summed E-state index contributed by atoms with van der Waals surface area (Å²) in [6.45, 7) is 3.54. The molecule has 1 aromatic rings. The van der Waals surface area contributed by atoms with Gasteiger partial charge in [-0.05, 0) is 5.92 Å². The standard InChI is InChI=1S/C10H15N5O4/c1-5(2)7(9(16)19-3)13-8-6(15(17)18)4-12-10(11)14-8/h4-5,7H,1-3H3,(H3,11,12,13,14). The number of rotatable bonds is 5. The van der Waals surface area contributed by atoms with Crippen LogP contribution in [0.5, 0.6) is 0 Å². The molecule has 0 aliphatic rings. The van der Waals surface area contributed by atoms with Crippen molar-refractivity contribution in [2.24, 2.45) is 5.92 Å². The second-order valence-corrected chi connectivity index (χ2v) is 4.11. The first-order valence-corrected chi connectivity index (χ1v) is 5.48. The van der Waals surface area contributed by atoms with E-state index < -0.39 is 16.9 Å². The number of nitrogens with two attached hydrogens (primary N) is 1. The number of nitrogen functional groups attached to an aromatic ring is 1. The van der Waals surface area contributed by atoms with Gasteiger partial charge in [0.2, 0.25) is 11.8 Å². The van der Waals surface area contributed by atoms with Crippen molar-refractivity contribution in [1.82, 2.24) is 9.97 Å². The third-order valence-electron chi connectivity index (χ3n) is 2.40. The average Bonchev–Trinajstić information content (AvgIpc) is 2.34. The summed E-state index contributed by atoms with van der Waals surface area (Å²) in [6.07, 6.45) is 0.985.